The van der Waals surface area contributed by atoms with E-state index in [9.17, 15) is 14.4 Å². The first-order valence-electron chi connectivity index (χ1n) is 6.69. The molecule has 114 valence electrons. The van der Waals surface area contributed by atoms with E-state index in [1.807, 2.05) is 0 Å². The zero-order valence-corrected chi connectivity index (χ0v) is 12.4. The first-order valence-corrected chi connectivity index (χ1v) is 6.69. The number of rotatable bonds is 6. The average Bonchev–Trinajstić information content (AvgIpc) is 2.45. The molecular formula is C15H20N2O4. The van der Waals surface area contributed by atoms with E-state index in [1.54, 1.807) is 38.2 Å². The van der Waals surface area contributed by atoms with Gasteiger partial charge in [0.05, 0.1) is 17.2 Å². The van der Waals surface area contributed by atoms with E-state index < -0.39 is 11.9 Å². The predicted molar refractivity (Wildman–Crippen MR) is 79.3 cm³/mol. The van der Waals surface area contributed by atoms with E-state index in [1.165, 1.54) is 11.8 Å². The van der Waals surface area contributed by atoms with Crippen LogP contribution in [0.25, 0.3) is 0 Å². The van der Waals surface area contributed by atoms with Crippen molar-refractivity contribution in [3.05, 3.63) is 29.8 Å². The number of benzene rings is 1. The molecule has 0 fully saturated rings. The molecule has 6 heteroatoms. The van der Waals surface area contributed by atoms with E-state index in [-0.39, 0.29) is 18.4 Å². The van der Waals surface area contributed by atoms with Gasteiger partial charge in [-0.25, -0.2) is 0 Å². The summed E-state index contributed by atoms with van der Waals surface area (Å²) in [5.74, 6) is -1.90. The molecule has 0 bridgehead atoms. The van der Waals surface area contributed by atoms with Crippen molar-refractivity contribution < 1.29 is 19.5 Å². The van der Waals surface area contributed by atoms with E-state index in [0.717, 1.165) is 0 Å². The Kier molecular flexibility index (Phi) is 5.90. The number of nitrogens with zero attached hydrogens (tertiary/aromatic N) is 1. The lowest BCUT2D eigenvalue weighted by Crippen LogP contribution is -2.30. The molecule has 0 radical (unpaired) electrons. The quantitative estimate of drug-likeness (QED) is 0.832. The fourth-order valence-corrected chi connectivity index (χ4v) is 1.75. The van der Waals surface area contributed by atoms with Gasteiger partial charge in [-0.3, -0.25) is 14.4 Å². The maximum absolute atomic E-state index is 12.1. The van der Waals surface area contributed by atoms with Crippen LogP contribution in [0.4, 0.5) is 5.69 Å². The van der Waals surface area contributed by atoms with Gasteiger partial charge in [-0.2, -0.15) is 0 Å². The summed E-state index contributed by atoms with van der Waals surface area (Å²) in [6.07, 6.45) is 0.353. The van der Waals surface area contributed by atoms with Gasteiger partial charge in [0.25, 0.3) is 5.91 Å². The van der Waals surface area contributed by atoms with Gasteiger partial charge < -0.3 is 15.3 Å². The SMILES string of the molecule is CC(=O)N(C)c1ccccc1C(=O)NCCC(C)C(=O)O. The highest BCUT2D eigenvalue weighted by Crippen LogP contribution is 2.19. The minimum absolute atomic E-state index is 0.172. The van der Waals surface area contributed by atoms with Crippen LogP contribution in [0.5, 0.6) is 0 Å². The molecule has 1 rings (SSSR count). The third-order valence-corrected chi connectivity index (χ3v) is 3.27. The molecule has 1 aromatic carbocycles. The highest BCUT2D eigenvalue weighted by Gasteiger charge is 2.16. The second-order valence-corrected chi connectivity index (χ2v) is 4.88. The number of hydrogen-bond donors (Lipinski definition) is 2. The highest BCUT2D eigenvalue weighted by atomic mass is 16.4. The first kappa shape index (κ1) is 16.7. The van der Waals surface area contributed by atoms with Gasteiger partial charge in [0.1, 0.15) is 0 Å². The van der Waals surface area contributed by atoms with E-state index in [4.69, 9.17) is 5.11 Å². The largest absolute Gasteiger partial charge is 0.481 e. The van der Waals surface area contributed by atoms with Crippen molar-refractivity contribution in [1.82, 2.24) is 5.32 Å². The zero-order chi connectivity index (χ0) is 16.0. The second-order valence-electron chi connectivity index (χ2n) is 4.88. The number of carbonyl (C=O) groups excluding carboxylic acids is 2. The fraction of sp³-hybridized carbons (Fsp3) is 0.400. The fourth-order valence-electron chi connectivity index (χ4n) is 1.75. The van der Waals surface area contributed by atoms with E-state index >= 15 is 0 Å². The topological polar surface area (TPSA) is 86.7 Å². The minimum Gasteiger partial charge on any atom is -0.481 e. The summed E-state index contributed by atoms with van der Waals surface area (Å²) in [4.78, 5) is 35.7. The molecule has 0 aliphatic heterocycles. The summed E-state index contributed by atoms with van der Waals surface area (Å²) in [5.41, 5.74) is 0.909. The summed E-state index contributed by atoms with van der Waals surface area (Å²) in [6, 6.07) is 6.78. The van der Waals surface area contributed by atoms with Crippen molar-refractivity contribution in [2.75, 3.05) is 18.5 Å². The van der Waals surface area contributed by atoms with Gasteiger partial charge in [0, 0.05) is 20.5 Å². The van der Waals surface area contributed by atoms with Crippen molar-refractivity contribution in [2.45, 2.75) is 20.3 Å². The van der Waals surface area contributed by atoms with Crippen LogP contribution in [0.1, 0.15) is 30.6 Å². The Balaban J connectivity index is 2.75. The van der Waals surface area contributed by atoms with Gasteiger partial charge >= 0.3 is 5.97 Å². The number of para-hydroxylation sites is 1. The smallest absolute Gasteiger partial charge is 0.306 e. The number of amides is 2. The highest BCUT2D eigenvalue weighted by molar-refractivity contribution is 6.04. The van der Waals surface area contributed by atoms with Gasteiger partial charge in [-0.15, -0.1) is 0 Å². The Labute approximate surface area is 123 Å². The van der Waals surface area contributed by atoms with Crippen molar-refractivity contribution in [2.24, 2.45) is 5.92 Å². The Morgan fingerprint density at radius 3 is 2.48 bits per heavy atom. The monoisotopic (exact) mass is 292 g/mol. The Hall–Kier alpha value is -2.37. The van der Waals surface area contributed by atoms with Crippen LogP contribution in [0.2, 0.25) is 0 Å². The van der Waals surface area contributed by atoms with Crippen LogP contribution in [-0.2, 0) is 9.59 Å². The van der Waals surface area contributed by atoms with Gasteiger partial charge in [-0.05, 0) is 18.6 Å². The lowest BCUT2D eigenvalue weighted by molar-refractivity contribution is -0.141. The molecule has 0 saturated carbocycles. The maximum atomic E-state index is 12.1. The maximum Gasteiger partial charge on any atom is 0.306 e. The molecule has 21 heavy (non-hydrogen) atoms. The van der Waals surface area contributed by atoms with Crippen molar-refractivity contribution in [3.8, 4) is 0 Å². The molecule has 0 aliphatic carbocycles. The first-order chi connectivity index (χ1) is 9.84. The van der Waals surface area contributed by atoms with Crippen LogP contribution in [0.15, 0.2) is 24.3 Å². The van der Waals surface area contributed by atoms with Crippen LogP contribution >= 0.6 is 0 Å². The number of aliphatic carboxylic acids is 1. The molecule has 0 saturated heterocycles. The molecule has 0 aliphatic rings. The average molecular weight is 292 g/mol. The van der Waals surface area contributed by atoms with E-state index in [0.29, 0.717) is 17.7 Å². The number of hydrogen-bond acceptors (Lipinski definition) is 3. The molecule has 1 atom stereocenters. The molecule has 0 heterocycles. The number of carboxylic acids is 1. The van der Waals surface area contributed by atoms with Crippen molar-refractivity contribution in [1.29, 1.82) is 0 Å². The Morgan fingerprint density at radius 1 is 1.29 bits per heavy atom. The number of anilines is 1. The molecular weight excluding hydrogens is 272 g/mol. The molecule has 1 unspecified atom stereocenters. The Bertz CT molecular complexity index is 542. The number of nitrogens with one attached hydrogen (secondary N) is 1. The predicted octanol–water partition coefficient (Wildman–Crippen LogP) is 1.51. The lowest BCUT2D eigenvalue weighted by Gasteiger charge is -2.18. The lowest BCUT2D eigenvalue weighted by atomic mass is 10.1. The van der Waals surface area contributed by atoms with Crippen LogP contribution in [0, 0.1) is 5.92 Å². The molecule has 1 aromatic rings. The standard InChI is InChI=1S/C15H20N2O4/c1-10(15(20)21)8-9-16-14(19)12-6-4-5-7-13(12)17(3)11(2)18/h4-7,10H,8-9H2,1-3H3,(H,16,19)(H,20,21). The summed E-state index contributed by atoms with van der Waals surface area (Å²) in [6.45, 7) is 3.28. The van der Waals surface area contributed by atoms with Crippen molar-refractivity contribution in [3.63, 3.8) is 0 Å². The summed E-state index contributed by atoms with van der Waals surface area (Å²) in [7, 11) is 1.60. The van der Waals surface area contributed by atoms with Gasteiger partial charge in [0.15, 0.2) is 0 Å². The summed E-state index contributed by atoms with van der Waals surface area (Å²) in [5, 5.41) is 11.5. The van der Waals surface area contributed by atoms with Crippen molar-refractivity contribution >= 4 is 23.5 Å². The molecule has 0 spiro atoms. The third kappa shape index (κ3) is 4.59. The molecule has 2 N–H and O–H groups in total. The Morgan fingerprint density at radius 2 is 1.90 bits per heavy atom. The van der Waals surface area contributed by atoms with Crippen LogP contribution in [0.3, 0.4) is 0 Å². The zero-order valence-electron chi connectivity index (χ0n) is 12.4. The van der Waals surface area contributed by atoms with Gasteiger partial charge in [-0.1, -0.05) is 19.1 Å². The second kappa shape index (κ2) is 7.42. The number of carbonyl (C=O) groups is 3. The van der Waals surface area contributed by atoms with Crippen LogP contribution < -0.4 is 10.2 Å². The normalized spacial score (nSPS) is 11.6. The summed E-state index contributed by atoms with van der Waals surface area (Å²) < 4.78 is 0. The van der Waals surface area contributed by atoms with Crippen LogP contribution in [-0.4, -0.2) is 36.5 Å². The third-order valence-electron chi connectivity index (χ3n) is 3.27. The van der Waals surface area contributed by atoms with Gasteiger partial charge in [0.2, 0.25) is 5.91 Å². The summed E-state index contributed by atoms with van der Waals surface area (Å²) >= 11 is 0. The molecule has 6 nitrogen and oxygen atoms in total. The minimum atomic E-state index is -0.888. The molecule has 2 amide bonds. The van der Waals surface area contributed by atoms with E-state index in [2.05, 4.69) is 5.32 Å². The number of carboxylic acid groups (broad SMARTS) is 1. The molecule has 0 aromatic heterocycles.